The van der Waals surface area contributed by atoms with Crippen molar-refractivity contribution in [2.75, 3.05) is 0 Å². The third kappa shape index (κ3) is 1.82. The first-order chi connectivity index (χ1) is 4.20. The molecule has 0 radical (unpaired) electrons. The average Bonchev–Trinajstić information content (AvgIpc) is 2.14. The molecule has 1 aromatic heterocycles. The predicted molar refractivity (Wildman–Crippen MR) is 43.7 cm³/mol. The van der Waals surface area contributed by atoms with Gasteiger partial charge in [-0.25, -0.2) is 0 Å². The van der Waals surface area contributed by atoms with E-state index < -0.39 is 0 Å². The highest BCUT2D eigenvalue weighted by atomic mass is 32.2. The summed E-state index contributed by atoms with van der Waals surface area (Å²) in [4.78, 5) is 0.963. The molecule has 1 N–H and O–H groups in total. The lowest BCUT2D eigenvalue weighted by Gasteiger charge is -1.94. The first-order valence-electron chi connectivity index (χ1n) is 2.47. The van der Waals surface area contributed by atoms with Gasteiger partial charge in [-0.15, -0.1) is 22.7 Å². The molecule has 0 aliphatic carbocycles. The molecule has 1 atom stereocenters. The summed E-state index contributed by atoms with van der Waals surface area (Å²) in [7, 11) is 0. The highest BCUT2D eigenvalue weighted by Crippen LogP contribution is 2.23. The van der Waals surface area contributed by atoms with Gasteiger partial charge in [-0.1, -0.05) is 12.2 Å². The molecule has 0 aliphatic heterocycles. The zero-order chi connectivity index (χ0) is 6.85. The van der Waals surface area contributed by atoms with E-state index >= 15 is 0 Å². The first kappa shape index (κ1) is 7.34. The van der Waals surface area contributed by atoms with E-state index in [-0.39, 0.29) is 6.10 Å². The van der Waals surface area contributed by atoms with Gasteiger partial charge in [0.1, 0.15) is 3.14 Å². The van der Waals surface area contributed by atoms with Crippen LogP contribution in [0.3, 0.4) is 0 Å². The van der Waals surface area contributed by atoms with Gasteiger partial charge in [0.15, 0.2) is 0 Å². The van der Waals surface area contributed by atoms with Crippen LogP contribution in [0.2, 0.25) is 0 Å². The van der Waals surface area contributed by atoms with Crippen LogP contribution >= 0.6 is 34.9 Å². The van der Waals surface area contributed by atoms with Crippen LogP contribution in [-0.2, 0) is 0 Å². The van der Waals surface area contributed by atoms with Gasteiger partial charge in [0, 0.05) is 10.3 Å². The molecule has 1 heterocycles. The molecule has 1 rings (SSSR count). The Morgan fingerprint density at radius 3 is 2.67 bits per heavy atom. The second kappa shape index (κ2) is 2.88. The van der Waals surface area contributed by atoms with Gasteiger partial charge >= 0.3 is 0 Å². The molecule has 0 fully saturated rings. The van der Waals surface area contributed by atoms with E-state index in [2.05, 4.69) is 0 Å². The van der Waals surface area contributed by atoms with E-state index in [1.54, 1.807) is 6.92 Å². The molecule has 4 heteroatoms. The fourth-order valence-corrected chi connectivity index (χ4v) is 2.60. The monoisotopic (exact) mass is 178 g/mol. The van der Waals surface area contributed by atoms with Gasteiger partial charge in [0.25, 0.3) is 0 Å². The quantitative estimate of drug-likeness (QED) is 0.667. The fraction of sp³-hybridized carbons (Fsp3) is 0.400. The summed E-state index contributed by atoms with van der Waals surface area (Å²) in [5.41, 5.74) is 0. The minimum absolute atomic E-state index is 0.358. The maximum atomic E-state index is 9.01. The molecular formula is C5H6OS3. The largest absolute Gasteiger partial charge is 0.388 e. The average molecular weight is 178 g/mol. The highest BCUT2D eigenvalue weighted by molar-refractivity contribution is 7.76. The van der Waals surface area contributed by atoms with E-state index in [1.165, 1.54) is 22.7 Å². The van der Waals surface area contributed by atoms with Crippen LogP contribution in [-0.4, -0.2) is 5.11 Å². The highest BCUT2D eigenvalue weighted by Gasteiger charge is 2.00. The Bertz CT molecular complexity index is 234. The van der Waals surface area contributed by atoms with Gasteiger partial charge in [-0.2, -0.15) is 0 Å². The second-order valence-electron chi connectivity index (χ2n) is 1.67. The summed E-state index contributed by atoms with van der Waals surface area (Å²) in [6.07, 6.45) is -0.358. The fourth-order valence-electron chi connectivity index (χ4n) is 0.434. The van der Waals surface area contributed by atoms with Crippen LogP contribution in [0.25, 0.3) is 0 Å². The zero-order valence-electron chi connectivity index (χ0n) is 4.83. The molecule has 1 aromatic rings. The summed E-state index contributed by atoms with van der Waals surface area (Å²) >= 11 is 7.86. The van der Waals surface area contributed by atoms with Crippen LogP contribution in [0.4, 0.5) is 0 Å². The molecule has 1 nitrogen and oxygen atoms in total. The second-order valence-corrected chi connectivity index (χ2v) is 4.81. The number of hydrogen-bond acceptors (Lipinski definition) is 4. The van der Waals surface area contributed by atoms with Gasteiger partial charge in [-0.05, 0) is 6.92 Å². The van der Waals surface area contributed by atoms with Crippen LogP contribution in [0.15, 0.2) is 5.38 Å². The van der Waals surface area contributed by atoms with E-state index in [4.69, 9.17) is 17.3 Å². The zero-order valence-corrected chi connectivity index (χ0v) is 7.28. The van der Waals surface area contributed by atoms with Crippen LogP contribution in [0, 0.1) is 3.14 Å². The van der Waals surface area contributed by atoms with Crippen molar-refractivity contribution in [1.82, 2.24) is 0 Å². The van der Waals surface area contributed by atoms with Crippen LogP contribution < -0.4 is 0 Å². The summed E-state index contributed by atoms with van der Waals surface area (Å²) in [5.74, 6) is 0. The lowest BCUT2D eigenvalue weighted by Crippen LogP contribution is -1.82. The summed E-state index contributed by atoms with van der Waals surface area (Å²) in [5, 5.41) is 10.9. The maximum absolute atomic E-state index is 9.01. The van der Waals surface area contributed by atoms with Gasteiger partial charge in [0.2, 0.25) is 0 Å². The minimum Gasteiger partial charge on any atom is -0.388 e. The summed E-state index contributed by atoms with van der Waals surface area (Å²) in [6, 6.07) is 0. The molecule has 9 heavy (non-hydrogen) atoms. The Morgan fingerprint density at radius 1 is 1.78 bits per heavy atom. The number of aliphatic hydroxyl groups is 1. The van der Waals surface area contributed by atoms with Gasteiger partial charge < -0.3 is 5.11 Å². The Hall–Kier alpha value is 0.230. The molecule has 0 spiro atoms. The van der Waals surface area contributed by atoms with Crippen molar-refractivity contribution in [3.8, 4) is 0 Å². The molecule has 0 aromatic carbocycles. The Morgan fingerprint density at radius 2 is 2.44 bits per heavy atom. The van der Waals surface area contributed by atoms with Crippen molar-refractivity contribution >= 4 is 34.9 Å². The number of rotatable bonds is 1. The van der Waals surface area contributed by atoms with Crippen molar-refractivity contribution in [2.24, 2.45) is 0 Å². The Kier molecular flexibility index (Phi) is 2.35. The summed E-state index contributed by atoms with van der Waals surface area (Å²) < 4.78 is 0.880. The third-order valence-corrected chi connectivity index (χ3v) is 3.54. The normalized spacial score (nSPS) is 13.6. The maximum Gasteiger partial charge on any atom is 0.144 e. The first-order valence-corrected chi connectivity index (χ1v) is 4.57. The van der Waals surface area contributed by atoms with E-state index in [0.29, 0.717) is 0 Å². The van der Waals surface area contributed by atoms with E-state index in [9.17, 15) is 0 Å². The van der Waals surface area contributed by atoms with Crippen molar-refractivity contribution < 1.29 is 5.11 Å². The molecule has 0 aliphatic rings. The summed E-state index contributed by atoms with van der Waals surface area (Å²) in [6.45, 7) is 1.74. The van der Waals surface area contributed by atoms with Crippen LogP contribution in [0.5, 0.6) is 0 Å². The standard InChI is InChI=1S/C5H6OS3/c1-3(6)4-2-8-5(7)9-4/h2-3,6H,1H3. The number of hydrogen-bond donors (Lipinski definition) is 1. The third-order valence-electron chi connectivity index (χ3n) is 0.884. The van der Waals surface area contributed by atoms with Gasteiger partial charge in [0.05, 0.1) is 6.10 Å². The minimum atomic E-state index is -0.358. The Balaban J connectivity index is 2.98. The number of aliphatic hydroxyl groups excluding tert-OH is 1. The Labute approximate surface area is 66.6 Å². The lowest BCUT2D eigenvalue weighted by molar-refractivity contribution is 0.203. The molecule has 50 valence electrons. The molecule has 0 saturated carbocycles. The molecule has 0 bridgehead atoms. The van der Waals surface area contributed by atoms with Gasteiger partial charge in [-0.3, -0.25) is 0 Å². The van der Waals surface area contributed by atoms with Crippen molar-refractivity contribution in [3.05, 3.63) is 13.4 Å². The predicted octanol–water partition coefficient (Wildman–Crippen LogP) is 2.59. The molecular weight excluding hydrogens is 172 g/mol. The molecule has 1 unspecified atom stereocenters. The van der Waals surface area contributed by atoms with E-state index in [1.807, 2.05) is 5.38 Å². The molecule has 0 saturated heterocycles. The van der Waals surface area contributed by atoms with Crippen molar-refractivity contribution in [2.45, 2.75) is 13.0 Å². The van der Waals surface area contributed by atoms with Crippen molar-refractivity contribution in [1.29, 1.82) is 0 Å². The smallest absolute Gasteiger partial charge is 0.144 e. The topological polar surface area (TPSA) is 20.2 Å². The SMILES string of the molecule is CC(O)c1csc(=S)s1. The molecule has 0 amide bonds. The van der Waals surface area contributed by atoms with Crippen molar-refractivity contribution in [3.63, 3.8) is 0 Å². The van der Waals surface area contributed by atoms with E-state index in [0.717, 1.165) is 8.01 Å². The lowest BCUT2D eigenvalue weighted by atomic mass is 10.4. The van der Waals surface area contributed by atoms with Crippen LogP contribution in [0.1, 0.15) is 17.9 Å².